The Hall–Kier alpha value is -2.68. The lowest BCUT2D eigenvalue weighted by Crippen LogP contribution is -2.40. The van der Waals surface area contributed by atoms with Gasteiger partial charge in [0.15, 0.2) is 11.6 Å². The number of aryl methyl sites for hydroxylation is 1. The Morgan fingerprint density at radius 2 is 1.92 bits per heavy atom. The number of hydrogen-bond donors (Lipinski definition) is 3. The second-order valence-electron chi connectivity index (χ2n) is 6.40. The molecule has 1 aliphatic rings. The van der Waals surface area contributed by atoms with Crippen LogP contribution in [0.4, 0.5) is 20.2 Å². The zero-order valence-corrected chi connectivity index (χ0v) is 14.3. The van der Waals surface area contributed by atoms with Crippen LogP contribution >= 0.6 is 0 Å². The molecular weight excluding hydrogens is 346 g/mol. The van der Waals surface area contributed by atoms with Crippen molar-refractivity contribution in [2.75, 3.05) is 23.7 Å². The van der Waals surface area contributed by atoms with Crippen molar-refractivity contribution >= 4 is 28.2 Å². The van der Waals surface area contributed by atoms with Crippen molar-refractivity contribution in [3.63, 3.8) is 0 Å². The van der Waals surface area contributed by atoms with Gasteiger partial charge in [-0.15, -0.1) is 0 Å². The first-order chi connectivity index (χ1) is 12.3. The number of halogens is 2. The number of piperidine rings is 1. The third kappa shape index (κ3) is 2.68. The lowest BCUT2D eigenvalue weighted by molar-refractivity contribution is 0.0695. The Kier molecular flexibility index (Phi) is 4.57. The molecule has 140 valence electrons. The van der Waals surface area contributed by atoms with Gasteiger partial charge in [0, 0.05) is 31.9 Å². The predicted molar refractivity (Wildman–Crippen MR) is 94.6 cm³/mol. The fraction of sp³-hybridized carbons (Fsp3) is 0.412. The maximum Gasteiger partial charge on any atom is 0.341 e. The molecule has 7 nitrogen and oxygen atoms in total. The SMILES string of the molecule is CCn1cc(C(=O)O)c(=O)c2c(N)c(F)c(N3CCC(N)CC3)c(F)c21. The van der Waals surface area contributed by atoms with E-state index >= 15 is 4.39 Å². The summed E-state index contributed by atoms with van der Waals surface area (Å²) in [4.78, 5) is 25.3. The molecule has 0 atom stereocenters. The molecule has 1 aromatic heterocycles. The summed E-state index contributed by atoms with van der Waals surface area (Å²) in [6.45, 7) is 2.57. The van der Waals surface area contributed by atoms with Crippen LogP contribution in [0.2, 0.25) is 0 Å². The average Bonchev–Trinajstić information content (AvgIpc) is 2.60. The van der Waals surface area contributed by atoms with Crippen molar-refractivity contribution in [3.05, 3.63) is 33.6 Å². The number of hydrogen-bond acceptors (Lipinski definition) is 5. The highest BCUT2D eigenvalue weighted by Gasteiger charge is 2.29. The number of carboxylic acids is 1. The van der Waals surface area contributed by atoms with E-state index in [2.05, 4.69) is 0 Å². The summed E-state index contributed by atoms with van der Waals surface area (Å²) in [7, 11) is 0. The molecular formula is C17H20F2N4O3. The van der Waals surface area contributed by atoms with Gasteiger partial charge in [-0.3, -0.25) is 4.79 Å². The molecule has 5 N–H and O–H groups in total. The Bertz CT molecular complexity index is 950. The smallest absolute Gasteiger partial charge is 0.341 e. The number of nitrogen functional groups attached to an aromatic ring is 1. The monoisotopic (exact) mass is 366 g/mol. The second kappa shape index (κ2) is 6.56. The second-order valence-corrected chi connectivity index (χ2v) is 6.40. The first-order valence-corrected chi connectivity index (χ1v) is 8.35. The molecule has 0 amide bonds. The van der Waals surface area contributed by atoms with Crippen molar-refractivity contribution < 1.29 is 18.7 Å². The number of carboxylic acid groups (broad SMARTS) is 1. The molecule has 0 unspecified atom stereocenters. The molecule has 1 fully saturated rings. The summed E-state index contributed by atoms with van der Waals surface area (Å²) in [5, 5.41) is 8.75. The van der Waals surface area contributed by atoms with Crippen LogP contribution in [-0.4, -0.2) is 34.8 Å². The van der Waals surface area contributed by atoms with Gasteiger partial charge in [-0.2, -0.15) is 0 Å². The lowest BCUT2D eigenvalue weighted by Gasteiger charge is -2.33. The van der Waals surface area contributed by atoms with Crippen molar-refractivity contribution in [2.24, 2.45) is 5.73 Å². The zero-order chi connectivity index (χ0) is 19.2. The van der Waals surface area contributed by atoms with Crippen LogP contribution in [0.25, 0.3) is 10.9 Å². The highest BCUT2D eigenvalue weighted by atomic mass is 19.1. The molecule has 0 aliphatic carbocycles. The topological polar surface area (TPSA) is 115 Å². The van der Waals surface area contributed by atoms with Gasteiger partial charge in [-0.25, -0.2) is 13.6 Å². The van der Waals surface area contributed by atoms with Gasteiger partial charge in [0.05, 0.1) is 16.6 Å². The fourth-order valence-corrected chi connectivity index (χ4v) is 3.40. The van der Waals surface area contributed by atoms with E-state index in [0.717, 1.165) is 6.20 Å². The van der Waals surface area contributed by atoms with Crippen molar-refractivity contribution in [1.29, 1.82) is 0 Å². The summed E-state index contributed by atoms with van der Waals surface area (Å²) < 4.78 is 31.4. The predicted octanol–water partition coefficient (Wildman–Crippen LogP) is 1.51. The summed E-state index contributed by atoms with van der Waals surface area (Å²) in [6.07, 6.45) is 2.22. The van der Waals surface area contributed by atoms with E-state index < -0.39 is 39.7 Å². The summed E-state index contributed by atoms with van der Waals surface area (Å²) in [6, 6.07) is -0.0258. The number of pyridine rings is 1. The number of fused-ring (bicyclic) bond motifs is 1. The molecule has 3 rings (SSSR count). The molecule has 9 heteroatoms. The van der Waals surface area contributed by atoms with Crippen LogP contribution < -0.4 is 21.8 Å². The Morgan fingerprint density at radius 3 is 2.46 bits per heavy atom. The number of nitrogens with zero attached hydrogens (tertiary/aromatic N) is 2. The van der Waals surface area contributed by atoms with Crippen molar-refractivity contribution in [2.45, 2.75) is 32.4 Å². The minimum atomic E-state index is -1.48. The van der Waals surface area contributed by atoms with Crippen LogP contribution in [0.3, 0.4) is 0 Å². The quantitative estimate of drug-likeness (QED) is 0.710. The maximum atomic E-state index is 15.3. The molecule has 0 spiro atoms. The van der Waals surface area contributed by atoms with Crippen LogP contribution in [0.15, 0.2) is 11.0 Å². The van der Waals surface area contributed by atoms with E-state index in [4.69, 9.17) is 11.5 Å². The van der Waals surface area contributed by atoms with Gasteiger partial charge in [0.2, 0.25) is 5.43 Å². The number of carbonyl (C=O) groups is 1. The van der Waals surface area contributed by atoms with E-state index in [0.29, 0.717) is 25.9 Å². The minimum absolute atomic E-state index is 0.0258. The summed E-state index contributed by atoms with van der Waals surface area (Å²) in [5.41, 5.74) is 9.05. The molecule has 26 heavy (non-hydrogen) atoms. The minimum Gasteiger partial charge on any atom is -0.477 e. The molecule has 0 radical (unpaired) electrons. The van der Waals surface area contributed by atoms with Crippen LogP contribution in [0, 0.1) is 11.6 Å². The Morgan fingerprint density at radius 1 is 1.31 bits per heavy atom. The average molecular weight is 366 g/mol. The molecule has 1 aliphatic heterocycles. The standard InChI is InChI=1S/C17H20F2N4O3/c1-2-22-7-9(17(25)26)16(24)10-13(21)11(18)15(12(19)14(10)22)23-5-3-8(20)4-6-23/h7-8H,2-6,20-21H2,1H3,(H,25,26). The van der Waals surface area contributed by atoms with E-state index in [1.54, 1.807) is 6.92 Å². The molecule has 0 saturated carbocycles. The van der Waals surface area contributed by atoms with E-state index in [-0.39, 0.29) is 23.8 Å². The Balaban J connectivity index is 2.36. The third-order valence-electron chi connectivity index (χ3n) is 4.84. The van der Waals surface area contributed by atoms with Crippen molar-refractivity contribution in [3.8, 4) is 0 Å². The number of aromatic carboxylic acids is 1. The fourth-order valence-electron chi connectivity index (χ4n) is 3.40. The van der Waals surface area contributed by atoms with E-state index in [1.807, 2.05) is 0 Å². The van der Waals surface area contributed by atoms with Gasteiger partial charge in [0.25, 0.3) is 0 Å². The number of benzene rings is 1. The molecule has 0 bridgehead atoms. The van der Waals surface area contributed by atoms with Crippen LogP contribution in [-0.2, 0) is 6.54 Å². The number of rotatable bonds is 3. The normalized spacial score (nSPS) is 15.6. The summed E-state index contributed by atoms with van der Waals surface area (Å²) >= 11 is 0. The Labute approximate surface area is 147 Å². The molecule has 2 heterocycles. The van der Waals surface area contributed by atoms with Gasteiger partial charge in [0.1, 0.15) is 11.3 Å². The lowest BCUT2D eigenvalue weighted by atomic mass is 10.0. The highest BCUT2D eigenvalue weighted by molar-refractivity contribution is 5.99. The largest absolute Gasteiger partial charge is 0.477 e. The van der Waals surface area contributed by atoms with Gasteiger partial charge >= 0.3 is 5.97 Å². The van der Waals surface area contributed by atoms with Gasteiger partial charge in [-0.1, -0.05) is 0 Å². The van der Waals surface area contributed by atoms with Gasteiger partial charge < -0.3 is 26.0 Å². The summed E-state index contributed by atoms with van der Waals surface area (Å²) in [5.74, 6) is -3.45. The van der Waals surface area contributed by atoms with Gasteiger partial charge in [-0.05, 0) is 19.8 Å². The maximum absolute atomic E-state index is 15.3. The molecule has 1 saturated heterocycles. The third-order valence-corrected chi connectivity index (χ3v) is 4.84. The first kappa shape index (κ1) is 18.1. The van der Waals surface area contributed by atoms with Crippen molar-refractivity contribution in [1.82, 2.24) is 4.57 Å². The number of aromatic nitrogens is 1. The van der Waals surface area contributed by atoms with E-state index in [9.17, 15) is 19.1 Å². The van der Waals surface area contributed by atoms with Crippen LogP contribution in [0.5, 0.6) is 0 Å². The zero-order valence-electron chi connectivity index (χ0n) is 14.3. The number of nitrogens with two attached hydrogens (primary N) is 2. The molecule has 1 aromatic carbocycles. The van der Waals surface area contributed by atoms with Crippen LogP contribution in [0.1, 0.15) is 30.1 Å². The number of anilines is 2. The highest BCUT2D eigenvalue weighted by Crippen LogP contribution is 2.36. The van der Waals surface area contributed by atoms with E-state index in [1.165, 1.54) is 9.47 Å². The molecule has 2 aromatic rings. The first-order valence-electron chi connectivity index (χ1n) is 8.35.